The molecule has 0 saturated carbocycles. The lowest BCUT2D eigenvalue weighted by Crippen LogP contribution is -2.16. The van der Waals surface area contributed by atoms with Gasteiger partial charge in [-0.1, -0.05) is 43.1 Å². The van der Waals surface area contributed by atoms with Crippen LogP contribution in [0.15, 0.2) is 12.1 Å². The van der Waals surface area contributed by atoms with Crippen LogP contribution in [0.1, 0.15) is 25.5 Å². The highest BCUT2D eigenvalue weighted by Gasteiger charge is 2.17. The van der Waals surface area contributed by atoms with Crippen LogP contribution < -0.4 is 5.73 Å². The SMILES string of the molecule is CC(C)[C@@H](N)c1ccc(Cl)c(Cl)c1O. The minimum Gasteiger partial charge on any atom is -0.506 e. The van der Waals surface area contributed by atoms with E-state index in [0.717, 1.165) is 0 Å². The van der Waals surface area contributed by atoms with Gasteiger partial charge in [-0.05, 0) is 12.0 Å². The maximum Gasteiger partial charge on any atom is 0.140 e. The van der Waals surface area contributed by atoms with Crippen LogP contribution in [0.5, 0.6) is 5.75 Å². The molecule has 0 fully saturated rings. The highest BCUT2D eigenvalue weighted by molar-refractivity contribution is 6.43. The van der Waals surface area contributed by atoms with E-state index in [9.17, 15) is 5.11 Å². The fraction of sp³-hybridized carbons (Fsp3) is 0.400. The minimum absolute atomic E-state index is 0.0135. The van der Waals surface area contributed by atoms with Gasteiger partial charge in [0, 0.05) is 11.6 Å². The van der Waals surface area contributed by atoms with Crippen molar-refractivity contribution >= 4 is 23.2 Å². The normalized spacial score (nSPS) is 13.3. The topological polar surface area (TPSA) is 46.2 Å². The van der Waals surface area contributed by atoms with Gasteiger partial charge >= 0.3 is 0 Å². The van der Waals surface area contributed by atoms with Gasteiger partial charge in [0.15, 0.2) is 0 Å². The molecule has 1 aromatic rings. The number of phenols is 1. The molecule has 2 nitrogen and oxygen atoms in total. The summed E-state index contributed by atoms with van der Waals surface area (Å²) in [6, 6.07) is 3.11. The van der Waals surface area contributed by atoms with Gasteiger partial charge in [0.25, 0.3) is 0 Å². The van der Waals surface area contributed by atoms with Crippen molar-refractivity contribution in [3.05, 3.63) is 27.7 Å². The number of hydrogen-bond donors (Lipinski definition) is 2. The molecule has 0 saturated heterocycles. The van der Waals surface area contributed by atoms with Gasteiger partial charge in [0.2, 0.25) is 0 Å². The Morgan fingerprint density at radius 1 is 1.29 bits per heavy atom. The minimum atomic E-state index is -0.232. The average Bonchev–Trinajstić information content (AvgIpc) is 2.13. The van der Waals surface area contributed by atoms with Crippen LogP contribution in [-0.2, 0) is 0 Å². The lowest BCUT2D eigenvalue weighted by Gasteiger charge is -2.18. The molecule has 0 aliphatic heterocycles. The van der Waals surface area contributed by atoms with Crippen LogP contribution in [0.25, 0.3) is 0 Å². The summed E-state index contributed by atoms with van der Waals surface area (Å²) < 4.78 is 0. The number of halogens is 2. The number of benzene rings is 1. The molecule has 0 aromatic heterocycles. The Morgan fingerprint density at radius 3 is 2.36 bits per heavy atom. The van der Waals surface area contributed by atoms with Crippen molar-refractivity contribution in [1.82, 2.24) is 0 Å². The third-order valence-electron chi connectivity index (χ3n) is 2.18. The third kappa shape index (κ3) is 2.14. The smallest absolute Gasteiger partial charge is 0.140 e. The molecule has 3 N–H and O–H groups in total. The monoisotopic (exact) mass is 233 g/mol. The van der Waals surface area contributed by atoms with E-state index < -0.39 is 0 Å². The molecule has 4 heteroatoms. The Balaban J connectivity index is 3.17. The van der Waals surface area contributed by atoms with Gasteiger partial charge in [0.05, 0.1) is 5.02 Å². The lowest BCUT2D eigenvalue weighted by molar-refractivity contribution is 0.440. The number of hydrogen-bond acceptors (Lipinski definition) is 2. The van der Waals surface area contributed by atoms with Crippen LogP contribution in [0, 0.1) is 5.92 Å². The summed E-state index contributed by atoms with van der Waals surface area (Å²) >= 11 is 11.5. The number of phenolic OH excluding ortho intramolecular Hbond substituents is 1. The molecule has 0 bridgehead atoms. The Morgan fingerprint density at radius 2 is 1.86 bits per heavy atom. The highest BCUT2D eigenvalue weighted by Crippen LogP contribution is 2.37. The van der Waals surface area contributed by atoms with Gasteiger partial charge < -0.3 is 10.8 Å². The third-order valence-corrected chi connectivity index (χ3v) is 2.97. The van der Waals surface area contributed by atoms with Crippen LogP contribution in [0.3, 0.4) is 0 Å². The van der Waals surface area contributed by atoms with Crippen molar-refractivity contribution in [3.8, 4) is 5.75 Å². The zero-order valence-corrected chi connectivity index (χ0v) is 9.60. The van der Waals surface area contributed by atoms with E-state index in [1.165, 1.54) is 0 Å². The first-order valence-corrected chi connectivity index (χ1v) is 5.13. The Labute approximate surface area is 93.6 Å². The molecular weight excluding hydrogens is 221 g/mol. The number of nitrogens with two attached hydrogens (primary N) is 1. The standard InChI is InChI=1S/C10H13Cl2NO/c1-5(2)9(13)6-3-4-7(11)8(12)10(6)14/h3-5,9,14H,13H2,1-2H3/t9-/m1/s1. The molecule has 0 heterocycles. The fourth-order valence-electron chi connectivity index (χ4n) is 1.18. The summed E-state index contributed by atoms with van der Waals surface area (Å²) in [7, 11) is 0. The Bertz CT molecular complexity index is 339. The molecule has 0 unspecified atom stereocenters. The van der Waals surface area contributed by atoms with Crippen molar-refractivity contribution in [2.24, 2.45) is 11.7 Å². The van der Waals surface area contributed by atoms with Crippen LogP contribution in [-0.4, -0.2) is 5.11 Å². The second-order valence-corrected chi connectivity index (χ2v) is 4.35. The van der Waals surface area contributed by atoms with E-state index in [-0.39, 0.29) is 22.7 Å². The van der Waals surface area contributed by atoms with Crippen LogP contribution in [0.4, 0.5) is 0 Å². The van der Waals surface area contributed by atoms with Crippen molar-refractivity contribution < 1.29 is 5.11 Å². The average molecular weight is 234 g/mol. The Kier molecular flexibility index (Phi) is 3.65. The maximum absolute atomic E-state index is 9.70. The molecule has 0 aliphatic rings. The Hall–Kier alpha value is -0.440. The van der Waals surface area contributed by atoms with Crippen molar-refractivity contribution in [2.75, 3.05) is 0 Å². The molecule has 78 valence electrons. The van der Waals surface area contributed by atoms with Crippen molar-refractivity contribution in [1.29, 1.82) is 0 Å². The number of rotatable bonds is 2. The van der Waals surface area contributed by atoms with Gasteiger partial charge in [-0.2, -0.15) is 0 Å². The summed E-state index contributed by atoms with van der Waals surface area (Å²) in [6.45, 7) is 3.96. The molecule has 1 rings (SSSR count). The predicted molar refractivity (Wildman–Crippen MR) is 59.9 cm³/mol. The van der Waals surface area contributed by atoms with E-state index in [1.54, 1.807) is 12.1 Å². The van der Waals surface area contributed by atoms with Crippen LogP contribution >= 0.6 is 23.2 Å². The highest BCUT2D eigenvalue weighted by atomic mass is 35.5. The maximum atomic E-state index is 9.70. The second kappa shape index (κ2) is 4.39. The summed E-state index contributed by atoms with van der Waals surface area (Å²) in [5.41, 5.74) is 6.53. The van der Waals surface area contributed by atoms with Gasteiger partial charge in [0.1, 0.15) is 10.8 Å². The van der Waals surface area contributed by atoms with Gasteiger partial charge in [-0.25, -0.2) is 0 Å². The van der Waals surface area contributed by atoms with E-state index in [4.69, 9.17) is 28.9 Å². The zero-order valence-electron chi connectivity index (χ0n) is 8.09. The molecule has 14 heavy (non-hydrogen) atoms. The summed E-state index contributed by atoms with van der Waals surface area (Å²) in [6.07, 6.45) is 0. The van der Waals surface area contributed by atoms with E-state index >= 15 is 0 Å². The van der Waals surface area contributed by atoms with Gasteiger partial charge in [-0.15, -0.1) is 0 Å². The summed E-state index contributed by atoms with van der Waals surface area (Å²) in [5, 5.41) is 10.2. The van der Waals surface area contributed by atoms with Crippen molar-refractivity contribution in [2.45, 2.75) is 19.9 Å². The largest absolute Gasteiger partial charge is 0.506 e. The number of aromatic hydroxyl groups is 1. The lowest BCUT2D eigenvalue weighted by atomic mass is 9.96. The summed E-state index contributed by atoms with van der Waals surface area (Å²) in [4.78, 5) is 0. The zero-order chi connectivity index (χ0) is 10.9. The first kappa shape index (κ1) is 11.6. The van der Waals surface area contributed by atoms with Crippen molar-refractivity contribution in [3.63, 3.8) is 0 Å². The summed E-state index contributed by atoms with van der Waals surface area (Å²) in [5.74, 6) is 0.221. The second-order valence-electron chi connectivity index (χ2n) is 3.57. The van der Waals surface area contributed by atoms with Crippen LogP contribution in [0.2, 0.25) is 10.0 Å². The first-order valence-electron chi connectivity index (χ1n) is 4.37. The van der Waals surface area contributed by atoms with E-state index in [2.05, 4.69) is 0 Å². The molecule has 0 spiro atoms. The van der Waals surface area contributed by atoms with E-state index in [0.29, 0.717) is 10.6 Å². The first-order chi connectivity index (χ1) is 6.45. The molecule has 0 aliphatic carbocycles. The quantitative estimate of drug-likeness (QED) is 0.824. The molecule has 0 radical (unpaired) electrons. The molecular formula is C10H13Cl2NO. The molecule has 1 aromatic carbocycles. The predicted octanol–water partition coefficient (Wildman–Crippen LogP) is 3.35. The van der Waals surface area contributed by atoms with Gasteiger partial charge in [-0.3, -0.25) is 0 Å². The van der Waals surface area contributed by atoms with E-state index in [1.807, 2.05) is 13.8 Å². The molecule has 0 amide bonds. The molecule has 1 atom stereocenters. The fourth-order valence-corrected chi connectivity index (χ4v) is 1.51.